The molecular weight excluding hydrogens is 282 g/mol. The lowest BCUT2D eigenvalue weighted by molar-refractivity contribution is -0.123. The summed E-state index contributed by atoms with van der Waals surface area (Å²) in [5, 5.41) is 7.18. The van der Waals surface area contributed by atoms with Gasteiger partial charge in [-0.2, -0.15) is 5.10 Å². The molecule has 2 aromatic rings. The van der Waals surface area contributed by atoms with Crippen molar-refractivity contribution in [3.8, 4) is 5.75 Å². The lowest BCUT2D eigenvalue weighted by atomic mass is 10.2. The van der Waals surface area contributed by atoms with Crippen molar-refractivity contribution in [2.75, 3.05) is 19.8 Å². The molecule has 1 aliphatic rings. The fourth-order valence-electron chi connectivity index (χ4n) is 2.42. The first-order valence-corrected chi connectivity index (χ1v) is 7.39. The fraction of sp³-hybridized carbons (Fsp3) is 0.375. The third kappa shape index (κ3) is 3.65. The average Bonchev–Trinajstić information content (AvgIpc) is 2.97. The van der Waals surface area contributed by atoms with E-state index in [2.05, 4.69) is 10.4 Å². The summed E-state index contributed by atoms with van der Waals surface area (Å²) in [5.74, 6) is 0.562. The molecule has 0 bridgehead atoms. The van der Waals surface area contributed by atoms with Crippen LogP contribution in [0.1, 0.15) is 11.3 Å². The number of nitrogens with one attached hydrogen (secondary N) is 1. The first kappa shape index (κ1) is 14.6. The van der Waals surface area contributed by atoms with Gasteiger partial charge in [0.1, 0.15) is 5.75 Å². The van der Waals surface area contributed by atoms with E-state index >= 15 is 0 Å². The lowest BCUT2D eigenvalue weighted by Crippen LogP contribution is -2.32. The molecule has 0 radical (unpaired) electrons. The van der Waals surface area contributed by atoms with E-state index in [-0.39, 0.29) is 12.5 Å². The Labute approximate surface area is 129 Å². The van der Waals surface area contributed by atoms with Gasteiger partial charge in [-0.3, -0.25) is 9.48 Å². The van der Waals surface area contributed by atoms with Gasteiger partial charge in [0.25, 0.3) is 5.91 Å². The summed E-state index contributed by atoms with van der Waals surface area (Å²) in [5.41, 5.74) is 2.35. The molecule has 6 heteroatoms. The highest BCUT2D eigenvalue weighted by atomic mass is 16.5. The third-order valence-corrected chi connectivity index (χ3v) is 3.53. The van der Waals surface area contributed by atoms with E-state index in [4.69, 9.17) is 9.47 Å². The summed E-state index contributed by atoms with van der Waals surface area (Å²) < 4.78 is 12.7. The number of para-hydroxylation sites is 1. The molecule has 1 aliphatic heterocycles. The average molecular weight is 301 g/mol. The van der Waals surface area contributed by atoms with Gasteiger partial charge >= 0.3 is 0 Å². The summed E-state index contributed by atoms with van der Waals surface area (Å²) in [6.45, 7) is 2.58. The van der Waals surface area contributed by atoms with E-state index < -0.39 is 0 Å². The fourth-order valence-corrected chi connectivity index (χ4v) is 2.42. The molecule has 0 saturated heterocycles. The first-order chi connectivity index (χ1) is 10.8. The van der Waals surface area contributed by atoms with Crippen molar-refractivity contribution < 1.29 is 14.3 Å². The standard InChI is InChI=1S/C16H19N3O3/c20-16(12-22-14-4-2-1-3-5-14)17-7-8-19-15-6-9-21-11-13(15)10-18-19/h1-5,10H,6-9,11-12H2,(H,17,20). The third-order valence-electron chi connectivity index (χ3n) is 3.53. The molecule has 1 amide bonds. The number of nitrogens with zero attached hydrogens (tertiary/aromatic N) is 2. The van der Waals surface area contributed by atoms with Crippen LogP contribution < -0.4 is 10.1 Å². The van der Waals surface area contributed by atoms with Gasteiger partial charge in [0.15, 0.2) is 6.61 Å². The molecular formula is C16H19N3O3. The van der Waals surface area contributed by atoms with Gasteiger partial charge in [-0.25, -0.2) is 0 Å². The number of hydrogen-bond acceptors (Lipinski definition) is 4. The van der Waals surface area contributed by atoms with E-state index in [1.807, 2.05) is 41.2 Å². The number of benzene rings is 1. The molecule has 0 fully saturated rings. The zero-order valence-corrected chi connectivity index (χ0v) is 12.3. The van der Waals surface area contributed by atoms with Crippen LogP contribution in [0.2, 0.25) is 0 Å². The number of carbonyl (C=O) groups excluding carboxylic acids is 1. The highest BCUT2D eigenvalue weighted by molar-refractivity contribution is 5.77. The SMILES string of the molecule is O=C(COc1ccccc1)NCCn1ncc2c1CCOC2. The number of carbonyl (C=O) groups is 1. The largest absolute Gasteiger partial charge is 0.484 e. The zero-order chi connectivity index (χ0) is 15.2. The maximum Gasteiger partial charge on any atom is 0.258 e. The molecule has 6 nitrogen and oxygen atoms in total. The Morgan fingerprint density at radius 3 is 3.09 bits per heavy atom. The molecule has 2 heterocycles. The Morgan fingerprint density at radius 2 is 2.23 bits per heavy atom. The van der Waals surface area contributed by atoms with Crippen LogP contribution in [0.15, 0.2) is 36.5 Å². The van der Waals surface area contributed by atoms with Gasteiger partial charge in [0.2, 0.25) is 0 Å². The van der Waals surface area contributed by atoms with E-state index in [1.165, 1.54) is 5.69 Å². The minimum Gasteiger partial charge on any atom is -0.484 e. The maximum atomic E-state index is 11.7. The molecule has 0 saturated carbocycles. The Kier molecular flexibility index (Phi) is 4.70. The van der Waals surface area contributed by atoms with Gasteiger partial charge in [0.05, 0.1) is 26.0 Å². The molecule has 116 valence electrons. The maximum absolute atomic E-state index is 11.7. The van der Waals surface area contributed by atoms with Crippen molar-refractivity contribution in [3.63, 3.8) is 0 Å². The Hall–Kier alpha value is -2.34. The van der Waals surface area contributed by atoms with Crippen LogP contribution in [0.4, 0.5) is 0 Å². The molecule has 1 aromatic carbocycles. The van der Waals surface area contributed by atoms with Gasteiger partial charge in [-0.1, -0.05) is 18.2 Å². The van der Waals surface area contributed by atoms with Crippen LogP contribution in [0.3, 0.4) is 0 Å². The van der Waals surface area contributed by atoms with Crippen LogP contribution in [0.25, 0.3) is 0 Å². The molecule has 1 N–H and O–H groups in total. The molecule has 0 atom stereocenters. The smallest absolute Gasteiger partial charge is 0.258 e. The quantitative estimate of drug-likeness (QED) is 0.869. The predicted molar refractivity (Wildman–Crippen MR) is 80.5 cm³/mol. The predicted octanol–water partition coefficient (Wildman–Crippen LogP) is 1.15. The zero-order valence-electron chi connectivity index (χ0n) is 12.3. The lowest BCUT2D eigenvalue weighted by Gasteiger charge is -2.14. The van der Waals surface area contributed by atoms with Crippen LogP contribution in [-0.2, 0) is 29.1 Å². The minimum absolute atomic E-state index is 0.0229. The number of hydrogen-bond donors (Lipinski definition) is 1. The number of amides is 1. The summed E-state index contributed by atoms with van der Waals surface area (Å²) in [4.78, 5) is 11.7. The normalized spacial score (nSPS) is 13.5. The highest BCUT2D eigenvalue weighted by Gasteiger charge is 2.15. The number of rotatable bonds is 6. The molecule has 1 aromatic heterocycles. The Balaban J connectivity index is 1.41. The van der Waals surface area contributed by atoms with Crippen LogP contribution >= 0.6 is 0 Å². The van der Waals surface area contributed by atoms with E-state index in [0.717, 1.165) is 18.6 Å². The summed E-state index contributed by atoms with van der Waals surface area (Å²) in [6, 6.07) is 9.30. The number of aromatic nitrogens is 2. The Morgan fingerprint density at radius 1 is 1.36 bits per heavy atom. The summed E-state index contributed by atoms with van der Waals surface area (Å²) in [7, 11) is 0. The summed E-state index contributed by atoms with van der Waals surface area (Å²) in [6.07, 6.45) is 2.72. The van der Waals surface area contributed by atoms with Crippen molar-refractivity contribution in [1.29, 1.82) is 0 Å². The van der Waals surface area contributed by atoms with Crippen molar-refractivity contribution in [1.82, 2.24) is 15.1 Å². The summed E-state index contributed by atoms with van der Waals surface area (Å²) >= 11 is 0. The van der Waals surface area contributed by atoms with Crippen molar-refractivity contribution in [2.45, 2.75) is 19.6 Å². The highest BCUT2D eigenvalue weighted by Crippen LogP contribution is 2.15. The van der Waals surface area contributed by atoms with Gasteiger partial charge in [0, 0.05) is 24.2 Å². The van der Waals surface area contributed by atoms with Crippen molar-refractivity contribution >= 4 is 5.91 Å². The molecule has 0 aliphatic carbocycles. The second-order valence-electron chi connectivity index (χ2n) is 5.09. The first-order valence-electron chi connectivity index (χ1n) is 7.39. The van der Waals surface area contributed by atoms with Gasteiger partial charge in [-0.05, 0) is 12.1 Å². The monoisotopic (exact) mass is 301 g/mol. The molecule has 22 heavy (non-hydrogen) atoms. The number of fused-ring (bicyclic) bond motifs is 1. The van der Waals surface area contributed by atoms with E-state index in [9.17, 15) is 4.79 Å². The van der Waals surface area contributed by atoms with Crippen LogP contribution in [-0.4, -0.2) is 35.4 Å². The van der Waals surface area contributed by atoms with Crippen molar-refractivity contribution in [3.05, 3.63) is 47.8 Å². The number of ether oxygens (including phenoxy) is 2. The van der Waals surface area contributed by atoms with Gasteiger partial charge < -0.3 is 14.8 Å². The molecule has 0 unspecified atom stereocenters. The molecule has 3 rings (SSSR count). The van der Waals surface area contributed by atoms with E-state index in [1.54, 1.807) is 0 Å². The second kappa shape index (κ2) is 7.09. The van der Waals surface area contributed by atoms with Gasteiger partial charge in [-0.15, -0.1) is 0 Å². The topological polar surface area (TPSA) is 65.4 Å². The van der Waals surface area contributed by atoms with Crippen LogP contribution in [0.5, 0.6) is 5.75 Å². The van der Waals surface area contributed by atoms with E-state index in [0.29, 0.717) is 25.4 Å². The second-order valence-corrected chi connectivity index (χ2v) is 5.09. The van der Waals surface area contributed by atoms with Crippen molar-refractivity contribution in [2.24, 2.45) is 0 Å². The van der Waals surface area contributed by atoms with Crippen LogP contribution in [0, 0.1) is 0 Å². The Bertz CT molecular complexity index is 625. The minimum atomic E-state index is -0.131. The molecule has 0 spiro atoms.